The van der Waals surface area contributed by atoms with E-state index >= 15 is 0 Å². The molecule has 1 aliphatic heterocycles. The number of hydrogen-bond donors (Lipinski definition) is 1. The average molecular weight is 198 g/mol. The van der Waals surface area contributed by atoms with Crippen molar-refractivity contribution in [1.82, 2.24) is 9.88 Å². The minimum Gasteiger partial charge on any atom is -0.465 e. The number of carbonyl (C=O) groups is 2. The predicted molar refractivity (Wildman–Crippen MR) is 44.9 cm³/mol. The van der Waals surface area contributed by atoms with Gasteiger partial charge >= 0.3 is 6.09 Å². The quantitative estimate of drug-likeness (QED) is 0.670. The van der Waals surface area contributed by atoms with Crippen molar-refractivity contribution in [3.63, 3.8) is 0 Å². The van der Waals surface area contributed by atoms with Gasteiger partial charge in [-0.1, -0.05) is 0 Å². The highest BCUT2D eigenvalue weighted by Crippen LogP contribution is 2.21. The number of amides is 1. The molecule has 0 bridgehead atoms. The molecule has 0 aliphatic carbocycles. The van der Waals surface area contributed by atoms with Crippen LogP contribution in [0.3, 0.4) is 0 Å². The Labute approximate surface area is 77.6 Å². The molecule has 0 fully saturated rings. The maximum atomic E-state index is 11.3. The summed E-state index contributed by atoms with van der Waals surface area (Å²) in [4.78, 5) is 27.5. The van der Waals surface area contributed by atoms with Gasteiger partial charge in [0.05, 0.1) is 29.2 Å². The Morgan fingerprint density at radius 1 is 1.62 bits per heavy atom. The van der Waals surface area contributed by atoms with Crippen LogP contribution in [0.25, 0.3) is 0 Å². The minimum atomic E-state index is -1.08. The van der Waals surface area contributed by atoms with Gasteiger partial charge in [-0.25, -0.2) is 9.78 Å². The molecule has 1 aromatic rings. The van der Waals surface area contributed by atoms with Crippen molar-refractivity contribution in [3.8, 4) is 0 Å². The number of nitrogens with zero attached hydrogens (tertiary/aromatic N) is 2. The van der Waals surface area contributed by atoms with Crippen molar-refractivity contribution < 1.29 is 14.7 Å². The molecule has 68 valence electrons. The molecular formula is C7H6N2O3S. The number of aromatic nitrogens is 1. The molecule has 2 rings (SSSR count). The Hall–Kier alpha value is -1.43. The molecule has 1 amide bonds. The molecule has 2 heterocycles. The van der Waals surface area contributed by atoms with Crippen molar-refractivity contribution >= 4 is 23.2 Å². The lowest BCUT2D eigenvalue weighted by atomic mass is 10.2. The summed E-state index contributed by atoms with van der Waals surface area (Å²) in [6, 6.07) is 0. The van der Waals surface area contributed by atoms with Crippen LogP contribution in [0.15, 0.2) is 5.51 Å². The number of carboxylic acid groups (broad SMARTS) is 1. The van der Waals surface area contributed by atoms with Crippen LogP contribution in [0.5, 0.6) is 0 Å². The first-order valence-electron chi connectivity index (χ1n) is 3.62. The van der Waals surface area contributed by atoms with E-state index in [-0.39, 0.29) is 18.9 Å². The fourth-order valence-electron chi connectivity index (χ4n) is 1.23. The van der Waals surface area contributed by atoms with Crippen LogP contribution in [0.1, 0.15) is 15.4 Å². The number of ketones is 1. The van der Waals surface area contributed by atoms with Gasteiger partial charge in [0.25, 0.3) is 0 Å². The lowest BCUT2D eigenvalue weighted by molar-refractivity contribution is 0.0877. The number of hydrogen-bond acceptors (Lipinski definition) is 4. The zero-order chi connectivity index (χ0) is 9.42. The van der Waals surface area contributed by atoms with E-state index in [4.69, 9.17) is 5.11 Å². The zero-order valence-corrected chi connectivity index (χ0v) is 7.37. The fraction of sp³-hybridized carbons (Fsp3) is 0.286. The van der Waals surface area contributed by atoms with E-state index in [1.54, 1.807) is 5.51 Å². The van der Waals surface area contributed by atoms with Crippen LogP contribution in [-0.2, 0) is 6.54 Å². The summed E-state index contributed by atoms with van der Waals surface area (Å²) in [5.41, 5.74) is 2.14. The highest BCUT2D eigenvalue weighted by atomic mass is 32.1. The third-order valence-corrected chi connectivity index (χ3v) is 2.75. The SMILES string of the molecule is O=C1CN(C(=O)O)Cc2ncsc21. The fourth-order valence-corrected chi connectivity index (χ4v) is 1.96. The van der Waals surface area contributed by atoms with Gasteiger partial charge in [-0.15, -0.1) is 11.3 Å². The summed E-state index contributed by atoms with van der Waals surface area (Å²) >= 11 is 1.27. The van der Waals surface area contributed by atoms with Gasteiger partial charge in [-0.3, -0.25) is 9.69 Å². The van der Waals surface area contributed by atoms with Gasteiger partial charge < -0.3 is 5.11 Å². The maximum absolute atomic E-state index is 11.3. The van der Waals surface area contributed by atoms with E-state index in [1.807, 2.05) is 0 Å². The standard InChI is InChI=1S/C7H6N2O3S/c10-5-2-9(7(11)12)1-4-6(5)13-3-8-4/h3H,1-2H2,(H,11,12). The summed E-state index contributed by atoms with van der Waals surface area (Å²) in [6.07, 6.45) is -1.08. The lowest BCUT2D eigenvalue weighted by Gasteiger charge is -2.21. The van der Waals surface area contributed by atoms with E-state index in [0.29, 0.717) is 10.6 Å². The Bertz CT molecular complexity index is 374. The largest absolute Gasteiger partial charge is 0.465 e. The van der Waals surface area contributed by atoms with Gasteiger partial charge in [-0.2, -0.15) is 0 Å². The second-order valence-corrected chi connectivity index (χ2v) is 3.54. The highest BCUT2D eigenvalue weighted by Gasteiger charge is 2.27. The van der Waals surface area contributed by atoms with Crippen LogP contribution in [0, 0.1) is 0 Å². The monoisotopic (exact) mass is 198 g/mol. The van der Waals surface area contributed by atoms with E-state index < -0.39 is 6.09 Å². The van der Waals surface area contributed by atoms with Crippen LogP contribution < -0.4 is 0 Å². The lowest BCUT2D eigenvalue weighted by Crippen LogP contribution is -2.38. The van der Waals surface area contributed by atoms with Crippen molar-refractivity contribution in [3.05, 3.63) is 16.1 Å². The van der Waals surface area contributed by atoms with E-state index in [9.17, 15) is 9.59 Å². The predicted octanol–water partition coefficient (Wildman–Crippen LogP) is 0.819. The van der Waals surface area contributed by atoms with Crippen molar-refractivity contribution in [2.75, 3.05) is 6.54 Å². The molecule has 1 aliphatic rings. The molecule has 13 heavy (non-hydrogen) atoms. The topological polar surface area (TPSA) is 70.5 Å². The zero-order valence-electron chi connectivity index (χ0n) is 6.56. The third-order valence-electron chi connectivity index (χ3n) is 1.84. The molecule has 0 saturated heterocycles. The van der Waals surface area contributed by atoms with E-state index in [1.165, 1.54) is 11.3 Å². The number of fused-ring (bicyclic) bond motifs is 1. The first-order chi connectivity index (χ1) is 6.18. The first-order valence-corrected chi connectivity index (χ1v) is 4.50. The molecule has 1 N–H and O–H groups in total. The molecule has 0 saturated carbocycles. The minimum absolute atomic E-state index is 0.0511. The smallest absolute Gasteiger partial charge is 0.408 e. The van der Waals surface area contributed by atoms with Crippen LogP contribution in [0.2, 0.25) is 0 Å². The van der Waals surface area contributed by atoms with Gasteiger partial charge in [0.15, 0.2) is 5.78 Å². The van der Waals surface area contributed by atoms with Crippen LogP contribution in [0.4, 0.5) is 4.79 Å². The van der Waals surface area contributed by atoms with E-state index in [0.717, 1.165) is 4.90 Å². The number of rotatable bonds is 0. The van der Waals surface area contributed by atoms with Gasteiger partial charge in [-0.05, 0) is 0 Å². The Balaban J connectivity index is 2.34. The molecule has 0 aromatic carbocycles. The average Bonchev–Trinajstić information content (AvgIpc) is 2.51. The summed E-state index contributed by atoms with van der Waals surface area (Å²) in [5.74, 6) is -0.161. The Kier molecular flexibility index (Phi) is 1.77. The molecule has 5 nitrogen and oxygen atoms in total. The van der Waals surface area contributed by atoms with Crippen molar-refractivity contribution in [2.24, 2.45) is 0 Å². The molecule has 0 atom stereocenters. The molecule has 1 aromatic heterocycles. The maximum Gasteiger partial charge on any atom is 0.408 e. The summed E-state index contributed by atoms with van der Waals surface area (Å²) < 4.78 is 0. The van der Waals surface area contributed by atoms with Crippen LogP contribution >= 0.6 is 11.3 Å². The Morgan fingerprint density at radius 2 is 2.38 bits per heavy atom. The Morgan fingerprint density at radius 3 is 3.08 bits per heavy atom. The van der Waals surface area contributed by atoms with Crippen molar-refractivity contribution in [1.29, 1.82) is 0 Å². The molecule has 6 heteroatoms. The molecule has 0 radical (unpaired) electrons. The number of carbonyl (C=O) groups excluding carboxylic acids is 1. The van der Waals surface area contributed by atoms with Crippen molar-refractivity contribution in [2.45, 2.75) is 6.54 Å². The second-order valence-electron chi connectivity index (χ2n) is 2.69. The van der Waals surface area contributed by atoms with Crippen LogP contribution in [-0.4, -0.2) is 33.4 Å². The van der Waals surface area contributed by atoms with E-state index in [2.05, 4.69) is 4.98 Å². The number of thiazole rings is 1. The summed E-state index contributed by atoms with van der Waals surface area (Å²) in [7, 11) is 0. The molecular weight excluding hydrogens is 192 g/mol. The normalized spacial score (nSPS) is 15.7. The van der Waals surface area contributed by atoms with Gasteiger partial charge in [0.2, 0.25) is 0 Å². The third kappa shape index (κ3) is 1.29. The van der Waals surface area contributed by atoms with Gasteiger partial charge in [0.1, 0.15) is 0 Å². The summed E-state index contributed by atoms with van der Waals surface area (Å²) in [5, 5.41) is 8.67. The molecule has 0 spiro atoms. The first kappa shape index (κ1) is 8.18. The highest BCUT2D eigenvalue weighted by molar-refractivity contribution is 7.12. The molecule has 0 unspecified atom stereocenters. The number of Topliss-reactive ketones (excluding diaryl/α,β-unsaturated/α-hetero) is 1. The second kappa shape index (κ2) is 2.81. The summed E-state index contributed by atoms with van der Waals surface area (Å²) in [6.45, 7) is 0.171. The van der Waals surface area contributed by atoms with Gasteiger partial charge in [0, 0.05) is 0 Å².